The number of aromatic nitrogens is 2. The van der Waals surface area contributed by atoms with Crippen LogP contribution in [0.5, 0.6) is 0 Å². The van der Waals surface area contributed by atoms with E-state index in [2.05, 4.69) is 9.97 Å². The monoisotopic (exact) mass is 186 g/mol. The number of H-pyrrole nitrogens is 1. The molecule has 11 heavy (non-hydrogen) atoms. The molecule has 0 bridgehead atoms. The minimum atomic E-state index is -0.179. The van der Waals surface area contributed by atoms with Crippen molar-refractivity contribution in [1.82, 2.24) is 9.97 Å². The Kier molecular flexibility index (Phi) is 1.44. The van der Waals surface area contributed by atoms with E-state index in [4.69, 9.17) is 11.6 Å². The largest absolute Gasteiger partial charge is 0.297 e. The Morgan fingerprint density at radius 2 is 2.45 bits per heavy atom. The molecule has 56 valence electrons. The topological polar surface area (TPSA) is 45.8 Å². The second-order valence-electron chi connectivity index (χ2n) is 2.00. The highest BCUT2D eigenvalue weighted by atomic mass is 35.5. The van der Waals surface area contributed by atoms with Crippen LogP contribution in [-0.2, 0) is 0 Å². The summed E-state index contributed by atoms with van der Waals surface area (Å²) in [6, 6.07) is 1.72. The molecular weight excluding hydrogens is 184 g/mol. The van der Waals surface area contributed by atoms with Gasteiger partial charge in [-0.05, 0) is 23.0 Å². The Bertz CT molecular complexity index is 447. The Morgan fingerprint density at radius 3 is 3.27 bits per heavy atom. The first-order chi connectivity index (χ1) is 5.27. The highest BCUT2D eigenvalue weighted by molar-refractivity contribution is 7.16. The standard InChI is InChI=1S/C6H3ClN2OS/c7-6-8-4(10)3-1-2-11-5(3)9-6/h1-2H,(H,8,9,10). The number of rotatable bonds is 0. The highest BCUT2D eigenvalue weighted by Crippen LogP contribution is 2.14. The van der Waals surface area contributed by atoms with Gasteiger partial charge in [-0.2, -0.15) is 0 Å². The molecule has 0 unspecified atom stereocenters. The van der Waals surface area contributed by atoms with Crippen LogP contribution < -0.4 is 5.56 Å². The van der Waals surface area contributed by atoms with Gasteiger partial charge in [0.1, 0.15) is 4.83 Å². The number of hydrogen-bond acceptors (Lipinski definition) is 3. The molecule has 0 radical (unpaired) electrons. The van der Waals surface area contributed by atoms with Gasteiger partial charge >= 0.3 is 0 Å². The summed E-state index contributed by atoms with van der Waals surface area (Å²) < 4.78 is 0. The summed E-state index contributed by atoms with van der Waals surface area (Å²) in [5.41, 5.74) is -0.179. The molecular formula is C6H3ClN2OS. The van der Waals surface area contributed by atoms with E-state index in [1.165, 1.54) is 11.3 Å². The first-order valence-electron chi connectivity index (χ1n) is 2.90. The van der Waals surface area contributed by atoms with Crippen molar-refractivity contribution in [3.05, 3.63) is 27.1 Å². The summed E-state index contributed by atoms with van der Waals surface area (Å²) in [6.07, 6.45) is 0. The molecule has 0 saturated heterocycles. The Labute approximate surface area is 70.7 Å². The predicted octanol–water partition coefficient (Wildman–Crippen LogP) is 1.64. The van der Waals surface area contributed by atoms with Crippen LogP contribution in [0.1, 0.15) is 0 Å². The van der Waals surface area contributed by atoms with E-state index >= 15 is 0 Å². The van der Waals surface area contributed by atoms with Gasteiger partial charge in [0.05, 0.1) is 5.39 Å². The van der Waals surface area contributed by atoms with Gasteiger partial charge in [0.25, 0.3) is 5.56 Å². The van der Waals surface area contributed by atoms with Crippen LogP contribution in [0.2, 0.25) is 5.28 Å². The average Bonchev–Trinajstić information content (AvgIpc) is 2.34. The summed E-state index contributed by atoms with van der Waals surface area (Å²) >= 11 is 6.92. The van der Waals surface area contributed by atoms with Gasteiger partial charge in [-0.25, -0.2) is 4.98 Å². The predicted molar refractivity (Wildman–Crippen MR) is 45.3 cm³/mol. The van der Waals surface area contributed by atoms with E-state index in [-0.39, 0.29) is 10.8 Å². The van der Waals surface area contributed by atoms with Gasteiger partial charge < -0.3 is 0 Å². The van der Waals surface area contributed by atoms with Crippen molar-refractivity contribution in [3.8, 4) is 0 Å². The van der Waals surface area contributed by atoms with Gasteiger partial charge in [0.15, 0.2) is 0 Å². The molecule has 2 aromatic rings. The molecule has 0 saturated carbocycles. The van der Waals surface area contributed by atoms with E-state index in [0.717, 1.165) is 0 Å². The fourth-order valence-corrected chi connectivity index (χ4v) is 1.82. The molecule has 0 amide bonds. The van der Waals surface area contributed by atoms with Crippen LogP contribution in [0.3, 0.4) is 0 Å². The molecule has 2 heterocycles. The number of halogens is 1. The third kappa shape index (κ3) is 1.04. The van der Waals surface area contributed by atoms with E-state index in [1.54, 1.807) is 6.07 Å². The quantitative estimate of drug-likeness (QED) is 0.636. The highest BCUT2D eigenvalue weighted by Gasteiger charge is 2.01. The lowest BCUT2D eigenvalue weighted by atomic mass is 10.4. The van der Waals surface area contributed by atoms with Crippen molar-refractivity contribution < 1.29 is 0 Å². The van der Waals surface area contributed by atoms with Crippen molar-refractivity contribution in [2.45, 2.75) is 0 Å². The molecule has 0 aliphatic rings. The molecule has 1 N–H and O–H groups in total. The second kappa shape index (κ2) is 2.32. The lowest BCUT2D eigenvalue weighted by molar-refractivity contribution is 1.18. The van der Waals surface area contributed by atoms with Crippen molar-refractivity contribution >= 4 is 33.2 Å². The Morgan fingerprint density at radius 1 is 1.64 bits per heavy atom. The third-order valence-electron chi connectivity index (χ3n) is 1.31. The molecule has 0 spiro atoms. The molecule has 0 aromatic carbocycles. The average molecular weight is 187 g/mol. The van der Waals surface area contributed by atoms with E-state index in [0.29, 0.717) is 10.2 Å². The molecule has 3 nitrogen and oxygen atoms in total. The number of aromatic amines is 1. The lowest BCUT2D eigenvalue weighted by Crippen LogP contribution is -2.05. The summed E-state index contributed by atoms with van der Waals surface area (Å²) in [6.45, 7) is 0. The smallest absolute Gasteiger partial charge is 0.260 e. The number of thiophene rings is 1. The zero-order chi connectivity index (χ0) is 7.84. The zero-order valence-electron chi connectivity index (χ0n) is 5.30. The zero-order valence-corrected chi connectivity index (χ0v) is 6.87. The molecule has 5 heteroatoms. The lowest BCUT2D eigenvalue weighted by Gasteiger charge is -1.88. The minimum Gasteiger partial charge on any atom is -0.297 e. The Balaban J connectivity index is 3.02. The molecule has 0 aliphatic carbocycles. The first kappa shape index (κ1) is 6.82. The molecule has 2 rings (SSSR count). The maximum Gasteiger partial charge on any atom is 0.260 e. The van der Waals surface area contributed by atoms with Gasteiger partial charge in [-0.15, -0.1) is 11.3 Å². The number of fused-ring (bicyclic) bond motifs is 1. The fourth-order valence-electron chi connectivity index (χ4n) is 0.839. The molecule has 0 aliphatic heterocycles. The Hall–Kier alpha value is -0.870. The van der Waals surface area contributed by atoms with Gasteiger partial charge in [0.2, 0.25) is 5.28 Å². The summed E-state index contributed by atoms with van der Waals surface area (Å²) in [4.78, 5) is 18.1. The van der Waals surface area contributed by atoms with Crippen molar-refractivity contribution in [2.24, 2.45) is 0 Å². The summed E-state index contributed by atoms with van der Waals surface area (Å²) in [5, 5.41) is 2.55. The van der Waals surface area contributed by atoms with E-state index in [1.807, 2.05) is 5.38 Å². The summed E-state index contributed by atoms with van der Waals surface area (Å²) in [5.74, 6) is 0. The number of nitrogens with one attached hydrogen (secondary N) is 1. The maximum atomic E-state index is 11.1. The van der Waals surface area contributed by atoms with Crippen molar-refractivity contribution in [2.75, 3.05) is 0 Å². The van der Waals surface area contributed by atoms with Crippen molar-refractivity contribution in [1.29, 1.82) is 0 Å². The van der Waals surface area contributed by atoms with Gasteiger partial charge in [-0.1, -0.05) is 0 Å². The molecule has 2 aromatic heterocycles. The first-order valence-corrected chi connectivity index (χ1v) is 4.16. The second-order valence-corrected chi connectivity index (χ2v) is 3.25. The summed E-state index contributed by atoms with van der Waals surface area (Å²) in [7, 11) is 0. The van der Waals surface area contributed by atoms with Crippen molar-refractivity contribution in [3.63, 3.8) is 0 Å². The molecule has 0 atom stereocenters. The fraction of sp³-hybridized carbons (Fsp3) is 0. The number of nitrogens with zero attached hydrogens (tertiary/aromatic N) is 1. The van der Waals surface area contributed by atoms with Crippen LogP contribution in [0.4, 0.5) is 0 Å². The van der Waals surface area contributed by atoms with Crippen LogP contribution in [0.25, 0.3) is 10.2 Å². The van der Waals surface area contributed by atoms with Crippen LogP contribution in [0, 0.1) is 0 Å². The van der Waals surface area contributed by atoms with Crippen LogP contribution in [0.15, 0.2) is 16.2 Å². The SMILES string of the molecule is O=c1[nH]c(Cl)nc2sccc12. The normalized spacial score (nSPS) is 10.6. The maximum absolute atomic E-state index is 11.1. The number of hydrogen-bond donors (Lipinski definition) is 1. The van der Waals surface area contributed by atoms with E-state index in [9.17, 15) is 4.79 Å². The van der Waals surface area contributed by atoms with Gasteiger partial charge in [0, 0.05) is 0 Å². The van der Waals surface area contributed by atoms with E-state index < -0.39 is 0 Å². The minimum absolute atomic E-state index is 0.143. The van der Waals surface area contributed by atoms with Crippen LogP contribution >= 0.6 is 22.9 Å². The third-order valence-corrected chi connectivity index (χ3v) is 2.29. The van der Waals surface area contributed by atoms with Gasteiger partial charge in [-0.3, -0.25) is 9.78 Å². The van der Waals surface area contributed by atoms with Crippen LogP contribution in [-0.4, -0.2) is 9.97 Å². The molecule has 0 fully saturated rings.